The summed E-state index contributed by atoms with van der Waals surface area (Å²) in [5.74, 6) is 0.144. The largest absolute Gasteiger partial charge is 0.501 e. The molecular formula is C29H26N5O6+. The Labute approximate surface area is 228 Å². The van der Waals surface area contributed by atoms with Gasteiger partial charge >= 0.3 is 11.9 Å². The van der Waals surface area contributed by atoms with Gasteiger partial charge in [-0.25, -0.2) is 9.78 Å². The van der Waals surface area contributed by atoms with Crippen molar-refractivity contribution < 1.29 is 28.4 Å². The number of pyridine rings is 1. The molecule has 2 aromatic heterocycles. The molecule has 3 aromatic rings. The molecular weight excluding hydrogens is 514 g/mol. The van der Waals surface area contributed by atoms with Gasteiger partial charge in [-0.2, -0.15) is 14.3 Å². The van der Waals surface area contributed by atoms with Crippen LogP contribution in [0.4, 0.5) is 4.79 Å². The predicted molar refractivity (Wildman–Crippen MR) is 143 cm³/mol. The molecule has 4 heterocycles. The van der Waals surface area contributed by atoms with Crippen LogP contribution in [0.15, 0.2) is 77.8 Å². The number of nitrogens with zero attached hydrogens (tertiary/aromatic N) is 4. The monoisotopic (exact) mass is 540 g/mol. The van der Waals surface area contributed by atoms with Crippen molar-refractivity contribution in [1.29, 1.82) is 0 Å². The third-order valence-electron chi connectivity index (χ3n) is 6.96. The maximum atomic E-state index is 13.5. The van der Waals surface area contributed by atoms with Crippen LogP contribution < -0.4 is 20.3 Å². The van der Waals surface area contributed by atoms with E-state index < -0.39 is 11.9 Å². The number of urea groups is 1. The smallest absolute Gasteiger partial charge is 0.454 e. The number of aromatic nitrogens is 2. The van der Waals surface area contributed by atoms with E-state index in [4.69, 9.17) is 9.47 Å². The second kappa shape index (κ2) is 10.6. The molecule has 11 nitrogen and oxygen atoms in total. The van der Waals surface area contributed by atoms with Crippen LogP contribution in [-0.2, 0) is 22.7 Å². The molecule has 202 valence electrons. The normalized spacial score (nSPS) is 17.5. The number of hydrogen-bond donors (Lipinski definition) is 1. The molecule has 1 N–H and O–H groups in total. The standard InChI is InChI=1S/C29H25N5O6/c35-26(30-16-19-10-11-23-24(14-19)40-18-39-23)9-5-13-33-28(37)21-6-1-2-7-22(21)34(29(33)38)17-20-15-27(36)32-12-4-3-8-25(32)31-20/h1-4,6-8,10-12,14-15,21H,5,9,13,16-18H2/p+1. The molecule has 2 aliphatic heterocycles. The van der Waals surface area contributed by atoms with Crippen LogP contribution in [0.25, 0.3) is 5.65 Å². The summed E-state index contributed by atoms with van der Waals surface area (Å²) in [6, 6.07) is 11.6. The van der Waals surface area contributed by atoms with E-state index >= 15 is 0 Å². The first kappa shape index (κ1) is 25.2. The molecule has 1 atom stereocenters. The van der Waals surface area contributed by atoms with Gasteiger partial charge in [-0.3, -0.25) is 14.0 Å². The number of fused-ring (bicyclic) bond motifs is 3. The van der Waals surface area contributed by atoms with Crippen molar-refractivity contribution in [2.45, 2.75) is 25.9 Å². The summed E-state index contributed by atoms with van der Waals surface area (Å²) < 4.78 is 13.6. The zero-order valence-corrected chi connectivity index (χ0v) is 21.5. The Morgan fingerprint density at radius 1 is 1.07 bits per heavy atom. The topological polar surface area (TPSA) is 122 Å². The molecule has 0 radical (unpaired) electrons. The SMILES string of the molecule is O=C(CCCN1C(=O)C2C=CC=CC2=[N+](Cc2cc(=O)n3ccccc3n2)C1=O)NCc1ccc2c(c1)OCO2. The average Bonchev–Trinajstić information content (AvgIpc) is 3.44. The summed E-state index contributed by atoms with van der Waals surface area (Å²) in [6.45, 7) is 0.616. The molecule has 0 spiro atoms. The second-order valence-electron chi connectivity index (χ2n) is 9.59. The Morgan fingerprint density at radius 3 is 2.85 bits per heavy atom. The Balaban J connectivity index is 1.13. The maximum absolute atomic E-state index is 13.5. The Bertz CT molecular complexity index is 1690. The van der Waals surface area contributed by atoms with E-state index in [9.17, 15) is 19.2 Å². The molecule has 0 bridgehead atoms. The number of imide groups is 1. The van der Waals surface area contributed by atoms with Gasteiger partial charge in [0.05, 0.1) is 12.2 Å². The van der Waals surface area contributed by atoms with Gasteiger partial charge in [0.2, 0.25) is 12.7 Å². The van der Waals surface area contributed by atoms with Crippen molar-refractivity contribution in [2.24, 2.45) is 5.92 Å². The van der Waals surface area contributed by atoms with Crippen molar-refractivity contribution in [2.75, 3.05) is 13.3 Å². The van der Waals surface area contributed by atoms with Gasteiger partial charge in [-0.1, -0.05) is 30.4 Å². The van der Waals surface area contributed by atoms with Crippen LogP contribution in [0.1, 0.15) is 24.1 Å². The molecule has 3 aliphatic rings. The molecule has 0 saturated heterocycles. The minimum atomic E-state index is -0.635. The number of allylic oxidation sites excluding steroid dienone is 3. The van der Waals surface area contributed by atoms with Gasteiger partial charge < -0.3 is 14.8 Å². The lowest BCUT2D eigenvalue weighted by Gasteiger charge is -2.26. The van der Waals surface area contributed by atoms with Gasteiger partial charge in [-0.05, 0) is 42.3 Å². The van der Waals surface area contributed by atoms with Crippen molar-refractivity contribution in [3.05, 3.63) is 94.6 Å². The fourth-order valence-corrected chi connectivity index (χ4v) is 4.97. The summed E-state index contributed by atoms with van der Waals surface area (Å²) in [6.07, 6.45) is 9.08. The first-order valence-electron chi connectivity index (χ1n) is 12.9. The summed E-state index contributed by atoms with van der Waals surface area (Å²) >= 11 is 0. The summed E-state index contributed by atoms with van der Waals surface area (Å²) in [4.78, 5) is 57.6. The van der Waals surface area contributed by atoms with E-state index in [0.717, 1.165) is 5.56 Å². The third-order valence-corrected chi connectivity index (χ3v) is 6.96. The van der Waals surface area contributed by atoms with E-state index in [1.165, 1.54) is 19.9 Å². The quantitative estimate of drug-likeness (QED) is 0.435. The highest BCUT2D eigenvalue weighted by Gasteiger charge is 2.46. The van der Waals surface area contributed by atoms with Crippen LogP contribution >= 0.6 is 0 Å². The van der Waals surface area contributed by atoms with Crippen molar-refractivity contribution in [1.82, 2.24) is 19.6 Å². The molecule has 40 heavy (non-hydrogen) atoms. The second-order valence-corrected chi connectivity index (χ2v) is 9.59. The third kappa shape index (κ3) is 4.89. The van der Waals surface area contributed by atoms with Crippen molar-refractivity contribution in [3.63, 3.8) is 0 Å². The van der Waals surface area contributed by atoms with Gasteiger partial charge in [0.15, 0.2) is 11.5 Å². The first-order chi connectivity index (χ1) is 19.5. The number of carbonyl (C=O) groups is 3. The number of hydrogen-bond acceptors (Lipinski definition) is 7. The number of amides is 4. The summed E-state index contributed by atoms with van der Waals surface area (Å²) in [7, 11) is 0. The first-order valence-corrected chi connectivity index (χ1v) is 12.9. The van der Waals surface area contributed by atoms with Crippen molar-refractivity contribution >= 4 is 29.2 Å². The lowest BCUT2D eigenvalue weighted by molar-refractivity contribution is -0.457. The lowest BCUT2D eigenvalue weighted by atomic mass is 9.94. The molecule has 6 rings (SSSR count). The van der Waals surface area contributed by atoms with Crippen LogP contribution in [0.3, 0.4) is 0 Å². The molecule has 1 unspecified atom stereocenters. The van der Waals surface area contributed by atoms with Crippen molar-refractivity contribution in [3.8, 4) is 11.5 Å². The summed E-state index contributed by atoms with van der Waals surface area (Å²) in [5, 5.41) is 2.86. The number of carbonyl (C=O) groups excluding carboxylic acids is 3. The van der Waals surface area contributed by atoms with Gasteiger partial charge in [0, 0.05) is 25.2 Å². The molecule has 0 saturated carbocycles. The molecule has 1 aromatic carbocycles. The highest BCUT2D eigenvalue weighted by molar-refractivity contribution is 6.16. The molecule has 4 amide bonds. The Morgan fingerprint density at radius 2 is 1.95 bits per heavy atom. The van der Waals surface area contributed by atoms with Gasteiger partial charge in [0.25, 0.3) is 5.56 Å². The number of rotatable bonds is 8. The van der Waals surface area contributed by atoms with E-state index in [0.29, 0.717) is 41.5 Å². The van der Waals surface area contributed by atoms with Crippen LogP contribution in [0.5, 0.6) is 11.5 Å². The van der Waals surface area contributed by atoms with Crippen LogP contribution in [-0.4, -0.2) is 55.8 Å². The Hall–Kier alpha value is -5.06. The fourth-order valence-electron chi connectivity index (χ4n) is 4.97. The maximum Gasteiger partial charge on any atom is 0.501 e. The fraction of sp³-hybridized carbons (Fsp3) is 0.241. The molecule has 11 heteroatoms. The van der Waals surface area contributed by atoms with Gasteiger partial charge in [-0.15, -0.1) is 0 Å². The molecule has 0 fully saturated rings. The highest BCUT2D eigenvalue weighted by atomic mass is 16.7. The van der Waals surface area contributed by atoms with Crippen LogP contribution in [0.2, 0.25) is 0 Å². The zero-order chi connectivity index (χ0) is 27.6. The number of benzene rings is 1. The zero-order valence-electron chi connectivity index (χ0n) is 21.5. The lowest BCUT2D eigenvalue weighted by Crippen LogP contribution is -2.54. The van der Waals surface area contributed by atoms with E-state index in [1.807, 2.05) is 12.1 Å². The average molecular weight is 541 g/mol. The van der Waals surface area contributed by atoms with E-state index in [2.05, 4.69) is 10.3 Å². The molecule has 1 aliphatic carbocycles. The van der Waals surface area contributed by atoms with Gasteiger partial charge in [0.1, 0.15) is 23.8 Å². The van der Waals surface area contributed by atoms with E-state index in [-0.39, 0.29) is 43.7 Å². The predicted octanol–water partition coefficient (Wildman–Crippen LogP) is 2.18. The number of ether oxygens (including phenoxy) is 2. The summed E-state index contributed by atoms with van der Waals surface area (Å²) in [5.41, 5.74) is 2.03. The minimum absolute atomic E-state index is 0.0310. The highest BCUT2D eigenvalue weighted by Crippen LogP contribution is 2.32. The number of nitrogens with one attached hydrogen (secondary N) is 1. The minimum Gasteiger partial charge on any atom is -0.454 e. The Kier molecular flexibility index (Phi) is 6.69. The van der Waals surface area contributed by atoms with E-state index in [1.54, 1.807) is 54.8 Å². The van der Waals surface area contributed by atoms with Crippen LogP contribution in [0, 0.1) is 5.92 Å².